The quantitative estimate of drug-likeness (QED) is 0.722. The second-order valence-corrected chi connectivity index (χ2v) is 6.22. The average Bonchev–Trinajstić information content (AvgIpc) is 2.93. The molecule has 4 nitrogen and oxygen atoms in total. The Hall–Kier alpha value is -2.46. The highest BCUT2D eigenvalue weighted by Gasteiger charge is 2.13. The molecule has 0 atom stereocenters. The Morgan fingerprint density at radius 2 is 1.75 bits per heavy atom. The fourth-order valence-corrected chi connectivity index (χ4v) is 2.93. The van der Waals surface area contributed by atoms with E-state index in [-0.39, 0.29) is 0 Å². The van der Waals surface area contributed by atoms with Gasteiger partial charge in [-0.15, -0.1) is 0 Å². The number of pyridine rings is 1. The second-order valence-electron chi connectivity index (χ2n) is 6.22. The molecule has 24 heavy (non-hydrogen) atoms. The van der Waals surface area contributed by atoms with Crippen LogP contribution in [0.4, 0.5) is 0 Å². The van der Waals surface area contributed by atoms with Crippen molar-refractivity contribution in [3.05, 3.63) is 82.9 Å². The summed E-state index contributed by atoms with van der Waals surface area (Å²) in [5.74, 6) is 0. The monoisotopic (exact) mass is 320 g/mol. The van der Waals surface area contributed by atoms with Crippen molar-refractivity contribution in [2.45, 2.75) is 33.4 Å². The van der Waals surface area contributed by atoms with Crippen LogP contribution in [0.15, 0.2) is 54.9 Å². The zero-order valence-corrected chi connectivity index (χ0v) is 14.4. The first-order valence-corrected chi connectivity index (χ1v) is 8.38. The lowest BCUT2D eigenvalue weighted by Gasteiger charge is -2.22. The van der Waals surface area contributed by atoms with Gasteiger partial charge in [0, 0.05) is 43.3 Å². The van der Waals surface area contributed by atoms with Crippen LogP contribution < -0.4 is 0 Å². The first-order valence-electron chi connectivity index (χ1n) is 8.38. The first-order chi connectivity index (χ1) is 11.7. The molecule has 0 saturated carbocycles. The standard InChI is InChI=1S/C20H24N4/c1-16-20(17(2)23-22-16)15-24(14-19-9-6-11-21-13-19)12-10-18-7-4-3-5-8-18/h3-9,11,13H,10,12,14-15H2,1-2H3,(H,22,23). The molecule has 1 aromatic carbocycles. The maximum absolute atomic E-state index is 4.33. The lowest BCUT2D eigenvalue weighted by molar-refractivity contribution is 0.259. The zero-order valence-electron chi connectivity index (χ0n) is 14.4. The number of rotatable bonds is 7. The predicted octanol–water partition coefficient (Wildman–Crippen LogP) is 3.67. The fraction of sp³-hybridized carbons (Fsp3) is 0.300. The Morgan fingerprint density at radius 1 is 0.958 bits per heavy atom. The average molecular weight is 320 g/mol. The molecule has 2 aromatic heterocycles. The van der Waals surface area contributed by atoms with Crippen molar-refractivity contribution in [1.29, 1.82) is 0 Å². The molecule has 0 fully saturated rings. The minimum atomic E-state index is 0.894. The summed E-state index contributed by atoms with van der Waals surface area (Å²) in [6, 6.07) is 14.8. The van der Waals surface area contributed by atoms with Crippen LogP contribution in [0.3, 0.4) is 0 Å². The molecule has 0 radical (unpaired) electrons. The summed E-state index contributed by atoms with van der Waals surface area (Å²) in [6.45, 7) is 6.96. The molecule has 0 aliphatic carbocycles. The molecule has 3 aromatic rings. The Morgan fingerprint density at radius 3 is 2.42 bits per heavy atom. The number of aromatic nitrogens is 3. The molecule has 124 valence electrons. The molecular formula is C20H24N4. The van der Waals surface area contributed by atoms with Gasteiger partial charge < -0.3 is 0 Å². The van der Waals surface area contributed by atoms with Gasteiger partial charge in [0.15, 0.2) is 0 Å². The van der Waals surface area contributed by atoms with Crippen LogP contribution in [-0.4, -0.2) is 26.6 Å². The van der Waals surface area contributed by atoms with Crippen molar-refractivity contribution in [1.82, 2.24) is 20.1 Å². The lowest BCUT2D eigenvalue weighted by atomic mass is 10.1. The molecule has 1 N–H and O–H groups in total. The van der Waals surface area contributed by atoms with Gasteiger partial charge in [0.25, 0.3) is 0 Å². The summed E-state index contributed by atoms with van der Waals surface area (Å²) >= 11 is 0. The highest BCUT2D eigenvalue weighted by Crippen LogP contribution is 2.15. The molecule has 4 heteroatoms. The Kier molecular flexibility index (Phi) is 5.39. The number of H-pyrrole nitrogens is 1. The van der Waals surface area contributed by atoms with E-state index in [4.69, 9.17) is 0 Å². The summed E-state index contributed by atoms with van der Waals surface area (Å²) in [7, 11) is 0. The predicted molar refractivity (Wildman–Crippen MR) is 96.6 cm³/mol. The van der Waals surface area contributed by atoms with E-state index in [0.29, 0.717) is 0 Å². The third kappa shape index (κ3) is 4.30. The second kappa shape index (κ2) is 7.88. The summed E-state index contributed by atoms with van der Waals surface area (Å²) in [5.41, 5.74) is 6.15. The van der Waals surface area contributed by atoms with Gasteiger partial charge in [0.1, 0.15) is 0 Å². The van der Waals surface area contributed by atoms with Gasteiger partial charge in [0.05, 0.1) is 5.69 Å². The molecule has 0 saturated heterocycles. The number of aryl methyl sites for hydroxylation is 2. The summed E-state index contributed by atoms with van der Waals surface area (Å²) in [4.78, 5) is 6.71. The Bertz CT molecular complexity index is 730. The minimum absolute atomic E-state index is 0.894. The van der Waals surface area contributed by atoms with E-state index in [0.717, 1.165) is 37.4 Å². The van der Waals surface area contributed by atoms with E-state index >= 15 is 0 Å². The molecule has 2 heterocycles. The largest absolute Gasteiger partial charge is 0.294 e. The van der Waals surface area contributed by atoms with Crippen molar-refractivity contribution >= 4 is 0 Å². The van der Waals surface area contributed by atoms with E-state index in [9.17, 15) is 0 Å². The van der Waals surface area contributed by atoms with Gasteiger partial charge in [-0.05, 0) is 37.5 Å². The Balaban J connectivity index is 1.73. The van der Waals surface area contributed by atoms with E-state index in [1.54, 1.807) is 0 Å². The van der Waals surface area contributed by atoms with Gasteiger partial charge in [-0.2, -0.15) is 5.10 Å². The van der Waals surface area contributed by atoms with Crippen LogP contribution in [-0.2, 0) is 19.5 Å². The molecule has 0 spiro atoms. The van der Waals surface area contributed by atoms with E-state index in [1.807, 2.05) is 18.5 Å². The normalized spacial score (nSPS) is 11.1. The number of hydrogen-bond donors (Lipinski definition) is 1. The molecule has 0 amide bonds. The number of nitrogens with zero attached hydrogens (tertiary/aromatic N) is 3. The lowest BCUT2D eigenvalue weighted by Crippen LogP contribution is -2.26. The SMILES string of the molecule is Cc1n[nH]c(C)c1CN(CCc1ccccc1)Cc1cccnc1. The van der Waals surface area contributed by atoms with Crippen molar-refractivity contribution in [3.63, 3.8) is 0 Å². The maximum Gasteiger partial charge on any atom is 0.0639 e. The first kappa shape index (κ1) is 16.4. The van der Waals surface area contributed by atoms with Crippen LogP contribution in [0, 0.1) is 13.8 Å². The molecule has 0 aliphatic rings. The maximum atomic E-state index is 4.33. The number of aromatic amines is 1. The van der Waals surface area contributed by atoms with E-state index < -0.39 is 0 Å². The van der Waals surface area contributed by atoms with Crippen molar-refractivity contribution in [2.24, 2.45) is 0 Å². The molecule has 3 rings (SSSR count). The van der Waals surface area contributed by atoms with E-state index in [1.165, 1.54) is 16.7 Å². The molecule has 0 unspecified atom stereocenters. The third-order valence-corrected chi connectivity index (χ3v) is 4.35. The van der Waals surface area contributed by atoms with E-state index in [2.05, 4.69) is 70.3 Å². The van der Waals surface area contributed by atoms with Gasteiger partial charge in [0.2, 0.25) is 0 Å². The number of nitrogens with one attached hydrogen (secondary N) is 1. The highest BCUT2D eigenvalue weighted by molar-refractivity contribution is 5.23. The molecule has 0 bridgehead atoms. The summed E-state index contributed by atoms with van der Waals surface area (Å²) in [6.07, 6.45) is 4.81. The summed E-state index contributed by atoms with van der Waals surface area (Å²) in [5, 5.41) is 7.42. The van der Waals surface area contributed by atoms with Gasteiger partial charge in [-0.3, -0.25) is 15.0 Å². The van der Waals surface area contributed by atoms with Crippen LogP contribution in [0.25, 0.3) is 0 Å². The number of benzene rings is 1. The van der Waals surface area contributed by atoms with Gasteiger partial charge >= 0.3 is 0 Å². The summed E-state index contributed by atoms with van der Waals surface area (Å²) < 4.78 is 0. The fourth-order valence-electron chi connectivity index (χ4n) is 2.93. The van der Waals surface area contributed by atoms with Crippen molar-refractivity contribution < 1.29 is 0 Å². The van der Waals surface area contributed by atoms with Gasteiger partial charge in [-0.1, -0.05) is 36.4 Å². The highest BCUT2D eigenvalue weighted by atomic mass is 15.2. The number of hydrogen-bond acceptors (Lipinski definition) is 3. The van der Waals surface area contributed by atoms with Crippen LogP contribution in [0.2, 0.25) is 0 Å². The zero-order chi connectivity index (χ0) is 16.8. The minimum Gasteiger partial charge on any atom is -0.294 e. The molecule has 0 aliphatic heterocycles. The third-order valence-electron chi connectivity index (χ3n) is 4.35. The van der Waals surface area contributed by atoms with Crippen molar-refractivity contribution in [3.8, 4) is 0 Å². The topological polar surface area (TPSA) is 44.8 Å². The van der Waals surface area contributed by atoms with Crippen molar-refractivity contribution in [2.75, 3.05) is 6.54 Å². The van der Waals surface area contributed by atoms with Gasteiger partial charge in [-0.25, -0.2) is 0 Å². The molecular weight excluding hydrogens is 296 g/mol. The van der Waals surface area contributed by atoms with Crippen LogP contribution >= 0.6 is 0 Å². The van der Waals surface area contributed by atoms with Crippen LogP contribution in [0.5, 0.6) is 0 Å². The Labute approximate surface area is 143 Å². The van der Waals surface area contributed by atoms with Crippen LogP contribution in [0.1, 0.15) is 28.1 Å². The smallest absolute Gasteiger partial charge is 0.0639 e.